The Morgan fingerprint density at radius 1 is 1.03 bits per heavy atom. The first-order valence-corrected chi connectivity index (χ1v) is 12.6. The number of imidazole rings is 1. The Balaban J connectivity index is 1.30. The molecule has 0 spiro atoms. The molecule has 3 aromatic heterocycles. The molecule has 3 aromatic rings. The van der Waals surface area contributed by atoms with Crippen LogP contribution in [0.4, 0.5) is 0 Å². The number of piperidine rings is 1. The van der Waals surface area contributed by atoms with Crippen molar-refractivity contribution in [1.82, 2.24) is 23.8 Å². The molecule has 31 heavy (non-hydrogen) atoms. The number of fused-ring (bicyclic) bond motifs is 1. The maximum Gasteiger partial charge on any atom is 0.262 e. The molecule has 0 N–H and O–H groups in total. The zero-order valence-electron chi connectivity index (χ0n) is 18.3. The molecule has 7 nitrogen and oxygen atoms in total. The Morgan fingerprint density at radius 3 is 2.42 bits per heavy atom. The van der Waals surface area contributed by atoms with Crippen LogP contribution in [0.3, 0.4) is 0 Å². The highest BCUT2D eigenvalue weighted by Crippen LogP contribution is 2.40. The van der Waals surface area contributed by atoms with Gasteiger partial charge in [0.25, 0.3) is 10.0 Å². The fourth-order valence-corrected chi connectivity index (χ4v) is 6.00. The molecule has 0 unspecified atom stereocenters. The van der Waals surface area contributed by atoms with Gasteiger partial charge in [0.05, 0.1) is 0 Å². The van der Waals surface area contributed by atoms with Gasteiger partial charge in [0, 0.05) is 55.4 Å². The van der Waals surface area contributed by atoms with Crippen LogP contribution in [-0.2, 0) is 17.1 Å². The van der Waals surface area contributed by atoms with Gasteiger partial charge in [0.2, 0.25) is 0 Å². The third kappa shape index (κ3) is 3.87. The summed E-state index contributed by atoms with van der Waals surface area (Å²) in [4.78, 5) is 13.8. The predicted molar refractivity (Wildman–Crippen MR) is 120 cm³/mol. The monoisotopic (exact) mass is 439 g/mol. The number of rotatable bonds is 5. The normalized spacial score (nSPS) is 18.8. The van der Waals surface area contributed by atoms with Crippen molar-refractivity contribution in [2.75, 3.05) is 13.1 Å². The molecule has 1 saturated carbocycles. The molecular weight excluding hydrogens is 410 g/mol. The van der Waals surface area contributed by atoms with Crippen LogP contribution in [-0.4, -0.2) is 45.3 Å². The van der Waals surface area contributed by atoms with Crippen LogP contribution in [0.1, 0.15) is 74.4 Å². The van der Waals surface area contributed by atoms with Crippen LogP contribution in [0, 0.1) is 0 Å². The quantitative estimate of drug-likeness (QED) is 0.602. The zero-order chi connectivity index (χ0) is 21.8. The fraction of sp³-hybridized carbons (Fsp3) is 0.522. The smallest absolute Gasteiger partial charge is 0.262 e. The third-order valence-electron chi connectivity index (χ3n) is 6.52. The van der Waals surface area contributed by atoms with Crippen molar-refractivity contribution in [2.45, 2.75) is 62.3 Å². The number of hydrogen-bond donors (Lipinski definition) is 0. The van der Waals surface area contributed by atoms with E-state index in [1.807, 2.05) is 31.7 Å². The fourth-order valence-electron chi connectivity index (χ4n) is 4.55. The lowest BCUT2D eigenvalue weighted by molar-refractivity contribution is 0.316. The Kier molecular flexibility index (Phi) is 5.09. The summed E-state index contributed by atoms with van der Waals surface area (Å²) in [6.45, 7) is 4.99. The average molecular weight is 440 g/mol. The van der Waals surface area contributed by atoms with E-state index in [-0.39, 0.29) is 16.9 Å². The summed E-state index contributed by atoms with van der Waals surface area (Å²) in [7, 11) is -1.73. The van der Waals surface area contributed by atoms with E-state index in [9.17, 15) is 8.42 Å². The van der Waals surface area contributed by atoms with Crippen molar-refractivity contribution < 1.29 is 8.42 Å². The highest BCUT2D eigenvalue weighted by atomic mass is 32.2. The maximum absolute atomic E-state index is 13.1. The zero-order valence-corrected chi connectivity index (χ0v) is 19.1. The standard InChI is InChI=1S/C23H29N5O2S/c1-15(2)23-26-21(14-27(23)3)31(29,30)28-10-8-17(9-11-28)20-7-6-18-12-19(16-4-5-16)13-24-22(18)25-20/h6-7,12-17H,4-5,8-11H2,1-3H3. The van der Waals surface area contributed by atoms with Gasteiger partial charge in [-0.3, -0.25) is 0 Å². The Morgan fingerprint density at radius 2 is 1.77 bits per heavy atom. The minimum Gasteiger partial charge on any atom is -0.336 e. The molecule has 0 radical (unpaired) electrons. The van der Waals surface area contributed by atoms with Crippen LogP contribution in [0.2, 0.25) is 0 Å². The Bertz CT molecular complexity index is 1220. The number of hydrogen-bond acceptors (Lipinski definition) is 5. The molecule has 164 valence electrons. The van der Waals surface area contributed by atoms with Gasteiger partial charge in [-0.1, -0.05) is 13.8 Å². The van der Waals surface area contributed by atoms with Gasteiger partial charge >= 0.3 is 0 Å². The van der Waals surface area contributed by atoms with E-state index in [4.69, 9.17) is 4.98 Å². The van der Waals surface area contributed by atoms with Crippen molar-refractivity contribution in [2.24, 2.45) is 7.05 Å². The molecule has 4 heterocycles. The second-order valence-electron chi connectivity index (χ2n) is 9.21. The van der Waals surface area contributed by atoms with Crippen LogP contribution in [0.25, 0.3) is 11.0 Å². The summed E-state index contributed by atoms with van der Waals surface area (Å²) in [5, 5.41) is 1.24. The molecule has 0 amide bonds. The first-order chi connectivity index (χ1) is 14.8. The van der Waals surface area contributed by atoms with Crippen molar-refractivity contribution >= 4 is 21.1 Å². The van der Waals surface area contributed by atoms with Gasteiger partial charge in [0.1, 0.15) is 5.82 Å². The van der Waals surface area contributed by atoms with Crippen molar-refractivity contribution in [3.8, 4) is 0 Å². The van der Waals surface area contributed by atoms with Gasteiger partial charge in [-0.25, -0.2) is 23.4 Å². The molecule has 0 aromatic carbocycles. The molecule has 1 aliphatic heterocycles. The predicted octanol–water partition coefficient (Wildman–Crippen LogP) is 3.93. The van der Waals surface area contributed by atoms with E-state index in [1.54, 1.807) is 10.5 Å². The molecule has 5 rings (SSSR count). The molecule has 1 saturated heterocycles. The average Bonchev–Trinajstić information content (AvgIpc) is 3.54. The van der Waals surface area contributed by atoms with Gasteiger partial charge in [-0.15, -0.1) is 0 Å². The van der Waals surface area contributed by atoms with E-state index < -0.39 is 10.0 Å². The molecule has 1 aliphatic carbocycles. The number of sulfonamides is 1. The van der Waals surface area contributed by atoms with E-state index in [2.05, 4.69) is 28.2 Å². The number of aryl methyl sites for hydroxylation is 1. The molecule has 2 aliphatic rings. The minimum absolute atomic E-state index is 0.150. The minimum atomic E-state index is -3.58. The summed E-state index contributed by atoms with van der Waals surface area (Å²) >= 11 is 0. The van der Waals surface area contributed by atoms with Crippen LogP contribution in [0.15, 0.2) is 35.6 Å². The molecule has 0 atom stereocenters. The van der Waals surface area contributed by atoms with Gasteiger partial charge in [-0.2, -0.15) is 4.31 Å². The van der Waals surface area contributed by atoms with Gasteiger partial charge < -0.3 is 4.57 Å². The number of aromatic nitrogens is 4. The molecule has 2 fully saturated rings. The van der Waals surface area contributed by atoms with E-state index >= 15 is 0 Å². The van der Waals surface area contributed by atoms with Crippen molar-refractivity contribution in [3.63, 3.8) is 0 Å². The van der Waals surface area contributed by atoms with E-state index in [1.165, 1.54) is 18.4 Å². The lowest BCUT2D eigenvalue weighted by Crippen LogP contribution is -2.38. The molecular formula is C23H29N5O2S. The first kappa shape index (κ1) is 20.6. The largest absolute Gasteiger partial charge is 0.336 e. The highest BCUT2D eigenvalue weighted by Gasteiger charge is 2.33. The summed E-state index contributed by atoms with van der Waals surface area (Å²) in [6, 6.07) is 6.41. The van der Waals surface area contributed by atoms with Crippen molar-refractivity contribution in [3.05, 3.63) is 47.7 Å². The van der Waals surface area contributed by atoms with Crippen LogP contribution >= 0.6 is 0 Å². The van der Waals surface area contributed by atoms with Gasteiger partial charge in [0.15, 0.2) is 10.7 Å². The van der Waals surface area contributed by atoms with Crippen LogP contribution < -0.4 is 0 Å². The SMILES string of the molecule is CC(C)c1nc(S(=O)(=O)N2CCC(c3ccc4cc(C5CC5)cnc4n3)CC2)cn1C. The lowest BCUT2D eigenvalue weighted by atomic mass is 9.94. The molecule has 0 bridgehead atoms. The first-order valence-electron chi connectivity index (χ1n) is 11.1. The lowest BCUT2D eigenvalue weighted by Gasteiger charge is -2.30. The summed E-state index contributed by atoms with van der Waals surface area (Å²) in [6.07, 6.45) is 7.62. The topological polar surface area (TPSA) is 81.0 Å². The van der Waals surface area contributed by atoms with Gasteiger partial charge in [-0.05, 0) is 55.4 Å². The highest BCUT2D eigenvalue weighted by molar-refractivity contribution is 7.89. The second kappa shape index (κ2) is 7.67. The number of nitrogens with zero attached hydrogens (tertiary/aromatic N) is 5. The summed E-state index contributed by atoms with van der Waals surface area (Å²) in [5.41, 5.74) is 3.11. The summed E-state index contributed by atoms with van der Waals surface area (Å²) < 4.78 is 29.6. The Hall–Kier alpha value is -2.32. The second-order valence-corrected chi connectivity index (χ2v) is 11.1. The maximum atomic E-state index is 13.1. The van der Waals surface area contributed by atoms with E-state index in [0.717, 1.165) is 35.4 Å². The summed E-state index contributed by atoms with van der Waals surface area (Å²) in [5.74, 6) is 1.88. The van der Waals surface area contributed by atoms with Crippen LogP contribution in [0.5, 0.6) is 0 Å². The number of pyridine rings is 2. The molecule has 8 heteroatoms. The van der Waals surface area contributed by atoms with Crippen molar-refractivity contribution in [1.29, 1.82) is 0 Å². The Labute approximate surface area is 183 Å². The van der Waals surface area contributed by atoms with E-state index in [0.29, 0.717) is 19.0 Å². The third-order valence-corrected chi connectivity index (χ3v) is 8.29.